The van der Waals surface area contributed by atoms with Crippen molar-refractivity contribution >= 4 is 11.9 Å². The standard InChI is InChI=1S/C26H35N3O5/c1-5-29-21-19(14-26(16-27-23(21)30)9-11-34-12-10-26)20(28-29)15-25(2,3)13-17-7-6-8-18(24(31)32)22(17)33-4/h6-8H,5,9-16H2,1-4H3,(H,27,30)(H,31,32). The highest BCUT2D eigenvalue weighted by Gasteiger charge is 2.40. The number of ether oxygens (including phenoxy) is 2. The van der Waals surface area contributed by atoms with Gasteiger partial charge in [0.15, 0.2) is 0 Å². The molecule has 0 unspecified atom stereocenters. The maximum absolute atomic E-state index is 13.1. The van der Waals surface area contributed by atoms with Crippen LogP contribution in [-0.4, -0.2) is 53.6 Å². The minimum Gasteiger partial charge on any atom is -0.496 e. The first-order chi connectivity index (χ1) is 16.2. The first-order valence-corrected chi connectivity index (χ1v) is 12.0. The number of methoxy groups -OCH3 is 1. The first-order valence-electron chi connectivity index (χ1n) is 12.0. The van der Waals surface area contributed by atoms with Crippen LogP contribution in [0.3, 0.4) is 0 Å². The SMILES string of the molecule is CCn1nc(CC(C)(C)Cc2cccc(C(=O)O)c2OC)c2c1C(=O)NCC1(CCOCC1)C2. The molecule has 2 N–H and O–H groups in total. The zero-order chi connectivity index (χ0) is 24.5. The van der Waals surface area contributed by atoms with Crippen molar-refractivity contribution in [2.75, 3.05) is 26.9 Å². The van der Waals surface area contributed by atoms with Crippen LogP contribution in [0.1, 0.15) is 71.3 Å². The van der Waals surface area contributed by atoms with Gasteiger partial charge in [-0.05, 0) is 61.5 Å². The molecule has 184 valence electrons. The summed E-state index contributed by atoms with van der Waals surface area (Å²) in [5, 5.41) is 17.6. The van der Waals surface area contributed by atoms with Crippen LogP contribution in [0, 0.1) is 10.8 Å². The number of aromatic nitrogens is 2. The van der Waals surface area contributed by atoms with Gasteiger partial charge in [-0.25, -0.2) is 4.79 Å². The summed E-state index contributed by atoms with van der Waals surface area (Å²) in [6, 6.07) is 5.24. The molecule has 2 aromatic rings. The average Bonchev–Trinajstić information content (AvgIpc) is 3.06. The molecule has 1 aromatic carbocycles. The summed E-state index contributed by atoms with van der Waals surface area (Å²) in [4.78, 5) is 24.7. The number of aromatic carboxylic acids is 1. The third kappa shape index (κ3) is 4.69. The Kier molecular flexibility index (Phi) is 6.71. The molecule has 34 heavy (non-hydrogen) atoms. The number of hydrogen-bond acceptors (Lipinski definition) is 5. The van der Waals surface area contributed by atoms with E-state index in [0.717, 1.165) is 36.1 Å². The molecule has 0 radical (unpaired) electrons. The van der Waals surface area contributed by atoms with Crippen LogP contribution in [0.5, 0.6) is 5.75 Å². The van der Waals surface area contributed by atoms with Crippen LogP contribution in [0.2, 0.25) is 0 Å². The first kappa shape index (κ1) is 24.3. The molecule has 2 aliphatic rings. The lowest BCUT2D eigenvalue weighted by molar-refractivity contribution is 0.0160. The van der Waals surface area contributed by atoms with Gasteiger partial charge in [-0.1, -0.05) is 26.0 Å². The van der Waals surface area contributed by atoms with Crippen LogP contribution in [0.25, 0.3) is 0 Å². The summed E-state index contributed by atoms with van der Waals surface area (Å²) >= 11 is 0. The second-order valence-electron chi connectivity index (χ2n) is 10.4. The highest BCUT2D eigenvalue weighted by Crippen LogP contribution is 2.40. The molecule has 1 fully saturated rings. The van der Waals surface area contributed by atoms with Gasteiger partial charge in [0.2, 0.25) is 0 Å². The van der Waals surface area contributed by atoms with Gasteiger partial charge in [0.05, 0.1) is 12.8 Å². The molecule has 0 atom stereocenters. The largest absolute Gasteiger partial charge is 0.496 e. The van der Waals surface area contributed by atoms with Crippen LogP contribution in [0.4, 0.5) is 0 Å². The number of benzene rings is 1. The number of aryl methyl sites for hydroxylation is 1. The van der Waals surface area contributed by atoms with E-state index in [1.54, 1.807) is 12.1 Å². The van der Waals surface area contributed by atoms with Crippen molar-refractivity contribution in [3.8, 4) is 5.75 Å². The number of carboxylic acids is 1. The molecule has 1 amide bonds. The molecule has 0 saturated carbocycles. The van der Waals surface area contributed by atoms with Crippen molar-refractivity contribution in [1.82, 2.24) is 15.1 Å². The molecule has 0 aliphatic carbocycles. The van der Waals surface area contributed by atoms with Gasteiger partial charge in [-0.15, -0.1) is 0 Å². The zero-order valence-corrected chi connectivity index (χ0v) is 20.6. The van der Waals surface area contributed by atoms with E-state index in [1.165, 1.54) is 7.11 Å². The van der Waals surface area contributed by atoms with Crippen LogP contribution in [0.15, 0.2) is 18.2 Å². The number of nitrogens with zero attached hydrogens (tertiary/aromatic N) is 2. The Bertz CT molecular complexity index is 1080. The molecule has 0 bridgehead atoms. The monoisotopic (exact) mass is 469 g/mol. The van der Waals surface area contributed by atoms with Gasteiger partial charge in [-0.3, -0.25) is 9.48 Å². The van der Waals surface area contributed by atoms with Crippen LogP contribution in [-0.2, 0) is 30.5 Å². The normalized spacial score (nSPS) is 17.7. The lowest BCUT2D eigenvalue weighted by atomic mass is 9.74. The fraction of sp³-hybridized carbons (Fsp3) is 0.577. The van der Waals surface area contributed by atoms with E-state index in [2.05, 4.69) is 19.2 Å². The molecule has 2 aliphatic heterocycles. The molecule has 3 heterocycles. The van der Waals surface area contributed by atoms with Crippen molar-refractivity contribution in [2.24, 2.45) is 10.8 Å². The van der Waals surface area contributed by atoms with Crippen molar-refractivity contribution in [2.45, 2.75) is 59.4 Å². The van der Waals surface area contributed by atoms with Crippen molar-refractivity contribution in [3.63, 3.8) is 0 Å². The summed E-state index contributed by atoms with van der Waals surface area (Å²) in [5.41, 5.74) is 3.47. The Morgan fingerprint density at radius 2 is 2.03 bits per heavy atom. The fourth-order valence-electron chi connectivity index (χ4n) is 5.47. The Balaban J connectivity index is 1.68. The molecular formula is C26H35N3O5. The van der Waals surface area contributed by atoms with Gasteiger partial charge in [0, 0.05) is 31.9 Å². The summed E-state index contributed by atoms with van der Waals surface area (Å²) in [6.07, 6.45) is 3.95. The third-order valence-electron chi connectivity index (χ3n) is 7.22. The van der Waals surface area contributed by atoms with Crippen LogP contribution < -0.4 is 10.1 Å². The zero-order valence-electron chi connectivity index (χ0n) is 20.6. The predicted molar refractivity (Wildman–Crippen MR) is 128 cm³/mol. The number of carbonyl (C=O) groups is 2. The highest BCUT2D eigenvalue weighted by atomic mass is 16.5. The van der Waals surface area contributed by atoms with E-state index in [4.69, 9.17) is 14.6 Å². The number of amides is 1. The number of para-hydroxylation sites is 1. The minimum atomic E-state index is -1.00. The number of hydrogen-bond donors (Lipinski definition) is 2. The van der Waals surface area contributed by atoms with Crippen LogP contribution >= 0.6 is 0 Å². The minimum absolute atomic E-state index is 0.00129. The maximum atomic E-state index is 13.1. The van der Waals surface area contributed by atoms with Gasteiger partial charge in [0.1, 0.15) is 17.0 Å². The predicted octanol–water partition coefficient (Wildman–Crippen LogP) is 3.50. The molecule has 4 rings (SSSR count). The van der Waals surface area contributed by atoms with Gasteiger partial charge in [-0.2, -0.15) is 5.10 Å². The fourth-order valence-corrected chi connectivity index (χ4v) is 5.47. The number of nitrogens with one attached hydrogen (secondary N) is 1. The Labute approximate surface area is 200 Å². The van der Waals surface area contributed by atoms with Crippen molar-refractivity contribution < 1.29 is 24.2 Å². The number of carbonyl (C=O) groups excluding carboxylic acids is 1. The van der Waals surface area contributed by atoms with Crippen molar-refractivity contribution in [1.29, 1.82) is 0 Å². The third-order valence-corrected chi connectivity index (χ3v) is 7.22. The van der Waals surface area contributed by atoms with E-state index in [9.17, 15) is 14.7 Å². The topological polar surface area (TPSA) is 103 Å². The molecule has 1 saturated heterocycles. The number of carboxylic acid groups (broad SMARTS) is 1. The summed E-state index contributed by atoms with van der Waals surface area (Å²) < 4.78 is 12.9. The van der Waals surface area contributed by atoms with E-state index in [1.807, 2.05) is 17.7 Å². The maximum Gasteiger partial charge on any atom is 0.339 e. The molecular weight excluding hydrogens is 434 g/mol. The number of rotatable bonds is 7. The van der Waals surface area contributed by atoms with E-state index in [-0.39, 0.29) is 22.3 Å². The van der Waals surface area contributed by atoms with Crippen molar-refractivity contribution in [3.05, 3.63) is 46.3 Å². The lowest BCUT2D eigenvalue weighted by Gasteiger charge is -2.36. The van der Waals surface area contributed by atoms with Gasteiger partial charge in [0.25, 0.3) is 5.91 Å². The lowest BCUT2D eigenvalue weighted by Crippen LogP contribution is -2.40. The Morgan fingerprint density at radius 3 is 2.68 bits per heavy atom. The van der Waals surface area contributed by atoms with E-state index in [0.29, 0.717) is 50.6 Å². The Morgan fingerprint density at radius 1 is 1.29 bits per heavy atom. The van der Waals surface area contributed by atoms with Gasteiger partial charge < -0.3 is 19.9 Å². The number of fused-ring (bicyclic) bond motifs is 1. The van der Waals surface area contributed by atoms with E-state index >= 15 is 0 Å². The average molecular weight is 470 g/mol. The molecule has 8 nitrogen and oxygen atoms in total. The molecule has 8 heteroatoms. The second-order valence-corrected chi connectivity index (χ2v) is 10.4. The summed E-state index contributed by atoms with van der Waals surface area (Å²) in [5.74, 6) is -0.648. The smallest absolute Gasteiger partial charge is 0.339 e. The molecule has 1 spiro atoms. The molecule has 1 aromatic heterocycles. The van der Waals surface area contributed by atoms with E-state index < -0.39 is 5.97 Å². The highest BCUT2D eigenvalue weighted by molar-refractivity contribution is 5.95. The quantitative estimate of drug-likeness (QED) is 0.643. The summed E-state index contributed by atoms with van der Waals surface area (Å²) in [6.45, 7) is 9.03. The second kappa shape index (κ2) is 9.41. The van der Waals surface area contributed by atoms with Gasteiger partial charge >= 0.3 is 5.97 Å². The Hall–Kier alpha value is -2.87. The summed E-state index contributed by atoms with van der Waals surface area (Å²) in [7, 11) is 1.51.